The maximum Gasteiger partial charge on any atom is 0.255 e. The molecule has 21 heavy (non-hydrogen) atoms. The fourth-order valence-corrected chi connectivity index (χ4v) is 3.24. The SMILES string of the molecule is COc1c(Br)cc(-c2ccc[nH]c2=O)cc1C1(C)COC1. The Morgan fingerprint density at radius 3 is 2.71 bits per heavy atom. The topological polar surface area (TPSA) is 51.3 Å². The quantitative estimate of drug-likeness (QED) is 0.926. The Kier molecular flexibility index (Phi) is 3.63. The van der Waals surface area contributed by atoms with Crippen LogP contribution in [0.5, 0.6) is 5.75 Å². The lowest BCUT2D eigenvalue weighted by Crippen LogP contribution is -2.44. The Bertz CT molecular complexity index is 735. The summed E-state index contributed by atoms with van der Waals surface area (Å²) in [5.41, 5.74) is 2.39. The number of ether oxygens (including phenoxy) is 2. The molecule has 0 aliphatic carbocycles. The van der Waals surface area contributed by atoms with Gasteiger partial charge in [0, 0.05) is 22.7 Å². The van der Waals surface area contributed by atoms with Crippen LogP contribution in [0.2, 0.25) is 0 Å². The van der Waals surface area contributed by atoms with Crippen LogP contribution in [-0.4, -0.2) is 25.3 Å². The van der Waals surface area contributed by atoms with Gasteiger partial charge in [-0.15, -0.1) is 0 Å². The van der Waals surface area contributed by atoms with E-state index in [0.29, 0.717) is 18.8 Å². The van der Waals surface area contributed by atoms with E-state index >= 15 is 0 Å². The molecule has 2 aromatic rings. The molecule has 0 radical (unpaired) electrons. The van der Waals surface area contributed by atoms with Crippen LogP contribution in [0.4, 0.5) is 0 Å². The van der Waals surface area contributed by atoms with Gasteiger partial charge in [-0.3, -0.25) is 4.79 Å². The Hall–Kier alpha value is -1.59. The van der Waals surface area contributed by atoms with E-state index in [2.05, 4.69) is 27.8 Å². The van der Waals surface area contributed by atoms with Gasteiger partial charge in [-0.2, -0.15) is 0 Å². The van der Waals surface area contributed by atoms with Crippen LogP contribution in [0.25, 0.3) is 11.1 Å². The monoisotopic (exact) mass is 349 g/mol. The van der Waals surface area contributed by atoms with Crippen molar-refractivity contribution in [3.05, 3.63) is 50.9 Å². The van der Waals surface area contributed by atoms with E-state index in [1.54, 1.807) is 13.3 Å². The number of pyridine rings is 1. The second-order valence-electron chi connectivity index (χ2n) is 5.51. The maximum atomic E-state index is 12.0. The summed E-state index contributed by atoms with van der Waals surface area (Å²) in [4.78, 5) is 14.7. The Morgan fingerprint density at radius 2 is 2.14 bits per heavy atom. The number of rotatable bonds is 3. The molecule has 1 N–H and O–H groups in total. The van der Waals surface area contributed by atoms with E-state index in [4.69, 9.17) is 9.47 Å². The van der Waals surface area contributed by atoms with Crippen molar-refractivity contribution < 1.29 is 9.47 Å². The van der Waals surface area contributed by atoms with Gasteiger partial charge < -0.3 is 14.5 Å². The van der Waals surface area contributed by atoms with Gasteiger partial charge in [0.05, 0.1) is 24.8 Å². The van der Waals surface area contributed by atoms with Crippen molar-refractivity contribution in [3.8, 4) is 16.9 Å². The van der Waals surface area contributed by atoms with Crippen LogP contribution in [-0.2, 0) is 10.2 Å². The summed E-state index contributed by atoms with van der Waals surface area (Å²) in [5, 5.41) is 0. The van der Waals surface area contributed by atoms with Gasteiger partial charge in [0.15, 0.2) is 0 Å². The summed E-state index contributed by atoms with van der Waals surface area (Å²) in [7, 11) is 1.65. The van der Waals surface area contributed by atoms with Crippen molar-refractivity contribution in [2.45, 2.75) is 12.3 Å². The molecule has 1 aromatic heterocycles. The molecule has 0 bridgehead atoms. The zero-order chi connectivity index (χ0) is 15.0. The highest BCUT2D eigenvalue weighted by Crippen LogP contribution is 2.43. The third kappa shape index (κ3) is 2.40. The predicted molar refractivity (Wildman–Crippen MR) is 84.9 cm³/mol. The predicted octanol–water partition coefficient (Wildman–Crippen LogP) is 3.10. The van der Waals surface area contributed by atoms with Gasteiger partial charge in [-0.1, -0.05) is 6.92 Å². The summed E-state index contributed by atoms with van der Waals surface area (Å²) in [6.07, 6.45) is 1.63. The first-order valence-electron chi connectivity index (χ1n) is 6.69. The van der Waals surface area contributed by atoms with Crippen molar-refractivity contribution in [1.82, 2.24) is 4.98 Å². The molecule has 0 spiro atoms. The standard InChI is InChI=1S/C16H16BrNO3/c1-16(8-21-9-16)12-6-10(7-13(17)14(12)20-2)11-4-3-5-18-15(11)19/h3-7H,8-9H2,1-2H3,(H,18,19). The van der Waals surface area contributed by atoms with Gasteiger partial charge in [0.1, 0.15) is 5.75 Å². The number of hydrogen-bond donors (Lipinski definition) is 1. The van der Waals surface area contributed by atoms with Gasteiger partial charge in [-0.05, 0) is 45.8 Å². The summed E-state index contributed by atoms with van der Waals surface area (Å²) in [6, 6.07) is 7.58. The molecule has 4 nitrogen and oxygen atoms in total. The highest BCUT2D eigenvalue weighted by Gasteiger charge is 2.38. The lowest BCUT2D eigenvalue weighted by Gasteiger charge is -2.39. The molecular formula is C16H16BrNO3. The molecule has 0 atom stereocenters. The molecule has 1 aromatic carbocycles. The average Bonchev–Trinajstić information content (AvgIpc) is 2.44. The first kappa shape index (κ1) is 14.4. The van der Waals surface area contributed by atoms with Gasteiger partial charge in [-0.25, -0.2) is 0 Å². The van der Waals surface area contributed by atoms with Crippen molar-refractivity contribution in [1.29, 1.82) is 0 Å². The molecule has 0 unspecified atom stereocenters. The van der Waals surface area contributed by atoms with Crippen LogP contribution in [0.1, 0.15) is 12.5 Å². The van der Waals surface area contributed by atoms with Gasteiger partial charge >= 0.3 is 0 Å². The molecule has 1 aliphatic rings. The van der Waals surface area contributed by atoms with Crippen molar-refractivity contribution >= 4 is 15.9 Å². The summed E-state index contributed by atoms with van der Waals surface area (Å²) < 4.78 is 11.7. The molecule has 3 rings (SSSR count). The summed E-state index contributed by atoms with van der Waals surface area (Å²) in [6.45, 7) is 3.45. The lowest BCUT2D eigenvalue weighted by atomic mass is 9.79. The van der Waals surface area contributed by atoms with Crippen molar-refractivity contribution in [2.75, 3.05) is 20.3 Å². The van der Waals surface area contributed by atoms with Crippen LogP contribution in [0.3, 0.4) is 0 Å². The zero-order valence-electron chi connectivity index (χ0n) is 11.9. The number of H-pyrrole nitrogens is 1. The highest BCUT2D eigenvalue weighted by molar-refractivity contribution is 9.10. The average molecular weight is 350 g/mol. The Labute approximate surface area is 131 Å². The highest BCUT2D eigenvalue weighted by atomic mass is 79.9. The Balaban J connectivity index is 2.21. The molecule has 1 fully saturated rings. The molecule has 1 aliphatic heterocycles. The molecular weight excluding hydrogens is 334 g/mol. The number of halogens is 1. The second kappa shape index (κ2) is 5.31. The third-order valence-electron chi connectivity index (χ3n) is 3.87. The largest absolute Gasteiger partial charge is 0.495 e. The first-order valence-corrected chi connectivity index (χ1v) is 7.48. The van der Waals surface area contributed by atoms with Crippen LogP contribution < -0.4 is 10.3 Å². The van der Waals surface area contributed by atoms with E-state index < -0.39 is 0 Å². The molecule has 1 saturated heterocycles. The number of nitrogens with one attached hydrogen (secondary N) is 1. The molecule has 5 heteroatoms. The fourth-order valence-electron chi connectivity index (χ4n) is 2.62. The fraction of sp³-hybridized carbons (Fsp3) is 0.312. The summed E-state index contributed by atoms with van der Waals surface area (Å²) in [5.74, 6) is 0.803. The van der Waals surface area contributed by atoms with Crippen LogP contribution in [0.15, 0.2) is 39.7 Å². The van der Waals surface area contributed by atoms with Crippen molar-refractivity contribution in [3.63, 3.8) is 0 Å². The number of hydrogen-bond acceptors (Lipinski definition) is 3. The molecule has 110 valence electrons. The molecule has 0 amide bonds. The van der Waals surface area contributed by atoms with Crippen LogP contribution in [0, 0.1) is 0 Å². The van der Waals surface area contributed by atoms with E-state index in [0.717, 1.165) is 21.3 Å². The minimum Gasteiger partial charge on any atom is -0.495 e. The normalized spacial score (nSPS) is 16.3. The Morgan fingerprint density at radius 1 is 1.38 bits per heavy atom. The third-order valence-corrected chi connectivity index (χ3v) is 4.46. The molecule has 2 heterocycles. The summed E-state index contributed by atoms with van der Waals surface area (Å²) >= 11 is 3.55. The zero-order valence-corrected chi connectivity index (χ0v) is 13.5. The minimum absolute atomic E-state index is 0.0780. The number of aromatic amines is 1. The maximum absolute atomic E-state index is 12.0. The van der Waals surface area contributed by atoms with Crippen LogP contribution >= 0.6 is 15.9 Å². The van der Waals surface area contributed by atoms with E-state index in [1.807, 2.05) is 24.3 Å². The smallest absolute Gasteiger partial charge is 0.255 e. The van der Waals surface area contributed by atoms with Gasteiger partial charge in [0.2, 0.25) is 0 Å². The lowest BCUT2D eigenvalue weighted by molar-refractivity contribution is -0.0509. The number of methoxy groups -OCH3 is 1. The van der Waals surface area contributed by atoms with Gasteiger partial charge in [0.25, 0.3) is 5.56 Å². The first-order chi connectivity index (χ1) is 10.0. The van der Waals surface area contributed by atoms with Crippen molar-refractivity contribution in [2.24, 2.45) is 0 Å². The van der Waals surface area contributed by atoms with E-state index in [-0.39, 0.29) is 11.0 Å². The number of benzene rings is 1. The second-order valence-corrected chi connectivity index (χ2v) is 6.36. The van der Waals surface area contributed by atoms with E-state index in [9.17, 15) is 4.79 Å². The van der Waals surface area contributed by atoms with E-state index in [1.165, 1.54) is 0 Å². The molecule has 0 saturated carbocycles. The number of aromatic nitrogens is 1. The minimum atomic E-state index is -0.101.